The first-order valence-electron chi connectivity index (χ1n) is 7.11. The fourth-order valence-electron chi connectivity index (χ4n) is 2.59. The van der Waals surface area contributed by atoms with Crippen LogP contribution in [0.3, 0.4) is 0 Å². The summed E-state index contributed by atoms with van der Waals surface area (Å²) in [6.45, 7) is 1.97. The molecule has 23 heavy (non-hydrogen) atoms. The molecule has 3 aromatic rings. The van der Waals surface area contributed by atoms with E-state index >= 15 is 0 Å². The van der Waals surface area contributed by atoms with E-state index in [2.05, 4.69) is 0 Å². The molecule has 1 N–H and O–H groups in total. The van der Waals surface area contributed by atoms with Gasteiger partial charge < -0.3 is 9.51 Å². The van der Waals surface area contributed by atoms with Crippen molar-refractivity contribution in [1.29, 1.82) is 0 Å². The van der Waals surface area contributed by atoms with Crippen molar-refractivity contribution in [2.45, 2.75) is 19.8 Å². The number of imidazole rings is 1. The molecule has 6 heteroatoms. The zero-order valence-corrected chi connectivity index (χ0v) is 13.9. The Kier molecular flexibility index (Phi) is 4.28. The van der Waals surface area contributed by atoms with E-state index in [0.29, 0.717) is 16.5 Å². The van der Waals surface area contributed by atoms with E-state index in [1.807, 2.05) is 35.7 Å². The molecule has 0 aliphatic carbocycles. The van der Waals surface area contributed by atoms with Gasteiger partial charge in [0.2, 0.25) is 0 Å². The lowest BCUT2D eigenvalue weighted by Gasteiger charge is -2.05. The summed E-state index contributed by atoms with van der Waals surface area (Å²) in [6.07, 6.45) is 2.32. The number of rotatable bonds is 4. The van der Waals surface area contributed by atoms with Crippen molar-refractivity contribution < 1.29 is 9.90 Å². The predicted octanol–water partition coefficient (Wildman–Crippen LogP) is 4.63. The van der Waals surface area contributed by atoms with Crippen molar-refractivity contribution in [3.63, 3.8) is 0 Å². The summed E-state index contributed by atoms with van der Waals surface area (Å²) in [5.74, 6) is -0.840. The Labute approximate surface area is 143 Å². The Morgan fingerprint density at radius 2 is 2.04 bits per heavy atom. The number of carbonyl (C=O) groups is 1. The molecule has 0 bridgehead atoms. The van der Waals surface area contributed by atoms with Crippen LogP contribution in [0.25, 0.3) is 16.9 Å². The normalized spacial score (nSPS) is 11.1. The Morgan fingerprint density at radius 1 is 1.26 bits per heavy atom. The molecular weight excluding hydrogens is 335 g/mol. The molecule has 0 aliphatic heterocycles. The third-order valence-corrected chi connectivity index (χ3v) is 4.45. The Balaban J connectivity index is 2.21. The van der Waals surface area contributed by atoms with Crippen molar-refractivity contribution in [3.8, 4) is 11.3 Å². The first-order chi connectivity index (χ1) is 11.0. The van der Waals surface area contributed by atoms with Gasteiger partial charge in [-0.15, -0.1) is 0 Å². The summed E-state index contributed by atoms with van der Waals surface area (Å²) >= 11 is 12.1. The highest BCUT2D eigenvalue weighted by molar-refractivity contribution is 6.42. The number of aliphatic carboxylic acids is 1. The molecule has 2 heterocycles. The molecule has 118 valence electrons. The Morgan fingerprint density at radius 3 is 2.74 bits per heavy atom. The summed E-state index contributed by atoms with van der Waals surface area (Å²) in [5, 5.41) is 9.93. The van der Waals surface area contributed by atoms with Crippen molar-refractivity contribution in [2.75, 3.05) is 0 Å². The van der Waals surface area contributed by atoms with Gasteiger partial charge in [0.05, 0.1) is 27.9 Å². The van der Waals surface area contributed by atoms with Crippen LogP contribution in [0.2, 0.25) is 10.0 Å². The van der Waals surface area contributed by atoms with E-state index in [-0.39, 0.29) is 6.42 Å². The van der Waals surface area contributed by atoms with Crippen LogP contribution in [-0.2, 0) is 11.2 Å². The lowest BCUT2D eigenvalue weighted by molar-refractivity contribution is -0.136. The van der Waals surface area contributed by atoms with Crippen LogP contribution in [0.4, 0.5) is 0 Å². The fourth-order valence-corrected chi connectivity index (χ4v) is 2.89. The minimum Gasteiger partial charge on any atom is -0.481 e. The summed E-state index contributed by atoms with van der Waals surface area (Å²) < 4.78 is 1.94. The Bertz CT molecular complexity index is 903. The van der Waals surface area contributed by atoms with Gasteiger partial charge >= 0.3 is 5.97 Å². The summed E-state index contributed by atoms with van der Waals surface area (Å²) in [7, 11) is 0. The number of benzene rings is 1. The largest absolute Gasteiger partial charge is 0.481 e. The second-order valence-corrected chi connectivity index (χ2v) is 6.13. The van der Waals surface area contributed by atoms with Crippen LogP contribution in [-0.4, -0.2) is 20.5 Å². The molecule has 0 aliphatic rings. The molecule has 0 unspecified atom stereocenters. The molecule has 0 saturated carbocycles. The van der Waals surface area contributed by atoms with Gasteiger partial charge in [-0.2, -0.15) is 0 Å². The van der Waals surface area contributed by atoms with Crippen LogP contribution < -0.4 is 0 Å². The lowest BCUT2D eigenvalue weighted by Crippen LogP contribution is -2.01. The van der Waals surface area contributed by atoms with Crippen LogP contribution in [0, 0.1) is 6.92 Å². The number of carboxylic acids is 1. The first-order valence-corrected chi connectivity index (χ1v) is 7.86. The molecule has 0 amide bonds. The smallest absolute Gasteiger partial charge is 0.303 e. The third-order valence-electron chi connectivity index (χ3n) is 3.71. The highest BCUT2D eigenvalue weighted by Gasteiger charge is 2.16. The molecule has 0 fully saturated rings. The molecular formula is C17H14Cl2N2O2. The van der Waals surface area contributed by atoms with E-state index in [9.17, 15) is 4.79 Å². The van der Waals surface area contributed by atoms with Crippen LogP contribution >= 0.6 is 23.2 Å². The second-order valence-electron chi connectivity index (χ2n) is 5.31. The number of aromatic nitrogens is 2. The molecule has 1 aromatic carbocycles. The average Bonchev–Trinajstić information content (AvgIpc) is 2.88. The monoisotopic (exact) mass is 348 g/mol. The maximum Gasteiger partial charge on any atom is 0.303 e. The van der Waals surface area contributed by atoms with Gasteiger partial charge in [-0.25, -0.2) is 4.98 Å². The number of nitrogens with zero attached hydrogens (tertiary/aromatic N) is 2. The average molecular weight is 349 g/mol. The van der Waals surface area contributed by atoms with Crippen LogP contribution in [0.1, 0.15) is 17.7 Å². The number of aryl methyl sites for hydroxylation is 2. The minimum atomic E-state index is -0.840. The lowest BCUT2D eigenvalue weighted by atomic mass is 10.1. The topological polar surface area (TPSA) is 54.6 Å². The molecule has 0 spiro atoms. The van der Waals surface area contributed by atoms with Gasteiger partial charge in [0.25, 0.3) is 0 Å². The van der Waals surface area contributed by atoms with Gasteiger partial charge in [-0.1, -0.05) is 35.3 Å². The van der Waals surface area contributed by atoms with Gasteiger partial charge in [0.15, 0.2) is 0 Å². The SMILES string of the molecule is Cc1cccn2c(CCC(=O)O)c(-c3ccc(Cl)c(Cl)c3)nc12. The highest BCUT2D eigenvalue weighted by Crippen LogP contribution is 2.31. The van der Waals surface area contributed by atoms with E-state index in [0.717, 1.165) is 28.2 Å². The fraction of sp³-hybridized carbons (Fsp3) is 0.176. The van der Waals surface area contributed by atoms with E-state index in [1.165, 1.54) is 0 Å². The van der Waals surface area contributed by atoms with Crippen molar-refractivity contribution in [2.24, 2.45) is 0 Å². The number of hydrogen-bond acceptors (Lipinski definition) is 2. The van der Waals surface area contributed by atoms with Gasteiger partial charge in [-0.3, -0.25) is 4.79 Å². The zero-order chi connectivity index (χ0) is 16.6. The molecule has 2 aromatic heterocycles. The van der Waals surface area contributed by atoms with Crippen molar-refractivity contribution in [3.05, 3.63) is 57.8 Å². The first kappa shape index (κ1) is 15.8. The van der Waals surface area contributed by atoms with Gasteiger partial charge in [-0.05, 0) is 30.7 Å². The summed E-state index contributed by atoms with van der Waals surface area (Å²) in [4.78, 5) is 15.7. The molecule has 0 saturated heterocycles. The van der Waals surface area contributed by atoms with E-state index in [1.54, 1.807) is 12.1 Å². The maximum atomic E-state index is 11.0. The highest BCUT2D eigenvalue weighted by atomic mass is 35.5. The second kappa shape index (κ2) is 6.22. The molecule has 4 nitrogen and oxygen atoms in total. The molecule has 0 radical (unpaired) electrons. The van der Waals surface area contributed by atoms with E-state index < -0.39 is 5.97 Å². The number of hydrogen-bond donors (Lipinski definition) is 1. The Hall–Kier alpha value is -2.04. The standard InChI is InChI=1S/C17H14Cl2N2O2/c1-10-3-2-8-21-14(6-7-15(22)23)16(20-17(10)21)11-4-5-12(18)13(19)9-11/h2-5,8-9H,6-7H2,1H3,(H,22,23). The summed E-state index contributed by atoms with van der Waals surface area (Å²) in [6, 6.07) is 9.22. The number of fused-ring (bicyclic) bond motifs is 1. The predicted molar refractivity (Wildman–Crippen MR) is 91.3 cm³/mol. The van der Waals surface area contributed by atoms with Crippen LogP contribution in [0.5, 0.6) is 0 Å². The van der Waals surface area contributed by atoms with Crippen LogP contribution in [0.15, 0.2) is 36.5 Å². The quantitative estimate of drug-likeness (QED) is 0.747. The third kappa shape index (κ3) is 3.05. The van der Waals surface area contributed by atoms with Crippen molar-refractivity contribution >= 4 is 34.8 Å². The van der Waals surface area contributed by atoms with Crippen molar-refractivity contribution in [1.82, 2.24) is 9.38 Å². The zero-order valence-electron chi connectivity index (χ0n) is 12.4. The van der Waals surface area contributed by atoms with E-state index in [4.69, 9.17) is 33.3 Å². The molecule has 3 rings (SSSR count). The summed E-state index contributed by atoms with van der Waals surface area (Å²) in [5.41, 5.74) is 4.25. The van der Waals surface area contributed by atoms with Gasteiger partial charge in [0.1, 0.15) is 5.65 Å². The van der Waals surface area contributed by atoms with Gasteiger partial charge in [0, 0.05) is 18.2 Å². The maximum absolute atomic E-state index is 11.0. The molecule has 0 atom stereocenters. The number of halogens is 2. The minimum absolute atomic E-state index is 0.0378. The number of carboxylic acid groups (broad SMARTS) is 1. The number of pyridine rings is 1.